The third kappa shape index (κ3) is 3.41. The number of hydrogen-bond acceptors (Lipinski definition) is 3. The highest BCUT2D eigenvalue weighted by molar-refractivity contribution is 5.57. The zero-order valence-electron chi connectivity index (χ0n) is 14.3. The van der Waals surface area contributed by atoms with E-state index in [1.807, 2.05) is 0 Å². The predicted molar refractivity (Wildman–Crippen MR) is 102 cm³/mol. The highest BCUT2D eigenvalue weighted by atomic mass is 15.2. The topological polar surface area (TPSA) is 18.5 Å². The Kier molecular flexibility index (Phi) is 4.70. The average Bonchev–Trinajstić information content (AvgIpc) is 2.70. The summed E-state index contributed by atoms with van der Waals surface area (Å²) in [5.41, 5.74) is 4.24. The molecule has 0 spiro atoms. The van der Waals surface area contributed by atoms with Gasteiger partial charge >= 0.3 is 0 Å². The van der Waals surface area contributed by atoms with Gasteiger partial charge in [0, 0.05) is 50.6 Å². The van der Waals surface area contributed by atoms with Crippen LogP contribution in [0.4, 0.5) is 11.4 Å². The van der Waals surface area contributed by atoms with Crippen LogP contribution in [0.25, 0.3) is 0 Å². The molecule has 4 rings (SSSR count). The normalized spacial score (nSPS) is 19.5. The Morgan fingerprint density at radius 1 is 0.667 bits per heavy atom. The van der Waals surface area contributed by atoms with Gasteiger partial charge in [-0.3, -0.25) is 0 Å². The van der Waals surface area contributed by atoms with Gasteiger partial charge in [0.05, 0.1) is 0 Å². The predicted octanol–water partition coefficient (Wildman–Crippen LogP) is 3.48. The maximum Gasteiger partial charge on any atom is 0.0368 e. The van der Waals surface area contributed by atoms with Gasteiger partial charge in [-0.15, -0.1) is 0 Å². The lowest BCUT2D eigenvalue weighted by atomic mass is 9.89. The number of nitrogens with one attached hydrogen (secondary N) is 1. The molecule has 0 unspecified atom stereocenters. The Bertz CT molecular complexity index is 624. The van der Waals surface area contributed by atoms with Crippen LogP contribution in [0.15, 0.2) is 54.6 Å². The van der Waals surface area contributed by atoms with Crippen molar-refractivity contribution in [1.29, 1.82) is 0 Å². The molecule has 2 aromatic rings. The number of piperazine rings is 1. The zero-order chi connectivity index (χ0) is 16.2. The molecule has 0 bridgehead atoms. The summed E-state index contributed by atoms with van der Waals surface area (Å²) in [5.74, 6) is 0.725. The van der Waals surface area contributed by atoms with Crippen molar-refractivity contribution in [1.82, 2.24) is 5.32 Å². The first-order valence-corrected chi connectivity index (χ1v) is 9.26. The van der Waals surface area contributed by atoms with E-state index < -0.39 is 0 Å². The third-order valence-electron chi connectivity index (χ3n) is 5.46. The number of piperidine rings is 1. The van der Waals surface area contributed by atoms with Gasteiger partial charge in [0.1, 0.15) is 0 Å². The van der Waals surface area contributed by atoms with E-state index >= 15 is 0 Å². The van der Waals surface area contributed by atoms with Crippen LogP contribution in [0.1, 0.15) is 24.3 Å². The molecule has 0 amide bonds. The summed E-state index contributed by atoms with van der Waals surface area (Å²) in [5, 5.41) is 3.42. The van der Waals surface area contributed by atoms with Gasteiger partial charge in [0.25, 0.3) is 0 Å². The molecular formula is C21H27N3. The van der Waals surface area contributed by atoms with Gasteiger partial charge in [-0.2, -0.15) is 0 Å². The molecular weight excluding hydrogens is 294 g/mol. The van der Waals surface area contributed by atoms with Crippen LogP contribution >= 0.6 is 0 Å². The van der Waals surface area contributed by atoms with Crippen LogP contribution in [-0.4, -0.2) is 39.3 Å². The smallest absolute Gasteiger partial charge is 0.0368 e. The summed E-state index contributed by atoms with van der Waals surface area (Å²) < 4.78 is 0. The third-order valence-corrected chi connectivity index (χ3v) is 5.46. The van der Waals surface area contributed by atoms with E-state index in [2.05, 4.69) is 69.7 Å². The molecule has 2 aromatic carbocycles. The first-order chi connectivity index (χ1) is 11.9. The Morgan fingerprint density at radius 3 is 1.79 bits per heavy atom. The van der Waals surface area contributed by atoms with Gasteiger partial charge in [0.15, 0.2) is 0 Å². The number of hydrogen-bond donors (Lipinski definition) is 1. The Labute approximate surface area is 145 Å². The van der Waals surface area contributed by atoms with Crippen molar-refractivity contribution in [3.05, 3.63) is 60.2 Å². The molecule has 2 saturated heterocycles. The van der Waals surface area contributed by atoms with Crippen molar-refractivity contribution in [2.45, 2.75) is 18.8 Å². The minimum absolute atomic E-state index is 0.725. The van der Waals surface area contributed by atoms with Crippen molar-refractivity contribution in [2.24, 2.45) is 0 Å². The highest BCUT2D eigenvalue weighted by Gasteiger charge is 2.20. The SMILES string of the molecule is c1ccc(C2CCN(c3ccc(N4CCNCC4)cc3)CC2)cc1. The summed E-state index contributed by atoms with van der Waals surface area (Å²) >= 11 is 0. The van der Waals surface area contributed by atoms with E-state index in [-0.39, 0.29) is 0 Å². The molecule has 0 saturated carbocycles. The molecule has 0 atom stereocenters. The van der Waals surface area contributed by atoms with E-state index in [9.17, 15) is 0 Å². The van der Waals surface area contributed by atoms with Crippen molar-refractivity contribution in [2.75, 3.05) is 49.1 Å². The van der Waals surface area contributed by atoms with Crippen molar-refractivity contribution >= 4 is 11.4 Å². The summed E-state index contributed by atoms with van der Waals surface area (Å²) in [4.78, 5) is 5.02. The second-order valence-corrected chi connectivity index (χ2v) is 6.93. The largest absolute Gasteiger partial charge is 0.371 e. The van der Waals surface area contributed by atoms with E-state index in [1.54, 1.807) is 0 Å². The Balaban J connectivity index is 1.37. The minimum atomic E-state index is 0.725. The fourth-order valence-corrected chi connectivity index (χ4v) is 3.99. The first-order valence-electron chi connectivity index (χ1n) is 9.26. The monoisotopic (exact) mass is 321 g/mol. The van der Waals surface area contributed by atoms with Crippen molar-refractivity contribution in [3.63, 3.8) is 0 Å². The van der Waals surface area contributed by atoms with Crippen molar-refractivity contribution in [3.8, 4) is 0 Å². The molecule has 2 aliphatic heterocycles. The Hall–Kier alpha value is -2.00. The molecule has 2 fully saturated rings. The van der Waals surface area contributed by atoms with Crippen LogP contribution in [0.3, 0.4) is 0 Å². The van der Waals surface area contributed by atoms with Crippen LogP contribution in [0.2, 0.25) is 0 Å². The maximum absolute atomic E-state index is 3.42. The molecule has 0 radical (unpaired) electrons. The summed E-state index contributed by atoms with van der Waals surface area (Å²) in [6, 6.07) is 20.2. The molecule has 2 heterocycles. The molecule has 1 N–H and O–H groups in total. The molecule has 24 heavy (non-hydrogen) atoms. The van der Waals surface area contributed by atoms with Crippen LogP contribution in [0, 0.1) is 0 Å². The zero-order valence-corrected chi connectivity index (χ0v) is 14.3. The molecule has 3 heteroatoms. The standard InChI is InChI=1S/C21H27N3/c1-2-4-18(5-3-1)19-10-14-23(15-11-19)20-6-8-21(9-7-20)24-16-12-22-13-17-24/h1-9,19,22H,10-17H2. The van der Waals surface area contributed by atoms with Crippen LogP contribution in [0.5, 0.6) is 0 Å². The quantitative estimate of drug-likeness (QED) is 0.934. The van der Waals surface area contributed by atoms with E-state index in [0.717, 1.165) is 45.2 Å². The van der Waals surface area contributed by atoms with E-state index in [0.29, 0.717) is 0 Å². The van der Waals surface area contributed by atoms with Crippen LogP contribution in [-0.2, 0) is 0 Å². The Morgan fingerprint density at radius 2 is 1.21 bits per heavy atom. The van der Waals surface area contributed by atoms with E-state index in [1.165, 1.54) is 29.8 Å². The average molecular weight is 321 g/mol. The van der Waals surface area contributed by atoms with Gasteiger partial charge in [-0.25, -0.2) is 0 Å². The number of benzene rings is 2. The van der Waals surface area contributed by atoms with Gasteiger partial charge < -0.3 is 15.1 Å². The lowest BCUT2D eigenvalue weighted by Gasteiger charge is -2.34. The molecule has 126 valence electrons. The van der Waals surface area contributed by atoms with Crippen LogP contribution < -0.4 is 15.1 Å². The maximum atomic E-state index is 3.42. The van der Waals surface area contributed by atoms with E-state index in [4.69, 9.17) is 0 Å². The minimum Gasteiger partial charge on any atom is -0.371 e. The van der Waals surface area contributed by atoms with Gasteiger partial charge in [-0.05, 0) is 48.6 Å². The second kappa shape index (κ2) is 7.27. The van der Waals surface area contributed by atoms with Crippen molar-refractivity contribution < 1.29 is 0 Å². The number of rotatable bonds is 3. The summed E-state index contributed by atoms with van der Waals surface area (Å²) in [6.45, 7) is 6.73. The second-order valence-electron chi connectivity index (χ2n) is 6.93. The molecule has 0 aliphatic carbocycles. The fourth-order valence-electron chi connectivity index (χ4n) is 3.99. The molecule has 2 aliphatic rings. The van der Waals surface area contributed by atoms with Gasteiger partial charge in [0.2, 0.25) is 0 Å². The summed E-state index contributed by atoms with van der Waals surface area (Å²) in [6.07, 6.45) is 2.51. The number of nitrogens with zero attached hydrogens (tertiary/aromatic N) is 2. The number of anilines is 2. The lowest BCUT2D eigenvalue weighted by molar-refractivity contribution is 0.505. The lowest BCUT2D eigenvalue weighted by Crippen LogP contribution is -2.43. The fraction of sp³-hybridized carbons (Fsp3) is 0.429. The molecule has 3 nitrogen and oxygen atoms in total. The highest BCUT2D eigenvalue weighted by Crippen LogP contribution is 2.31. The molecule has 0 aromatic heterocycles. The first kappa shape index (κ1) is 15.5. The summed E-state index contributed by atoms with van der Waals surface area (Å²) in [7, 11) is 0. The van der Waals surface area contributed by atoms with Gasteiger partial charge in [-0.1, -0.05) is 30.3 Å².